The summed E-state index contributed by atoms with van der Waals surface area (Å²) in [5.74, 6) is -11.1. The highest BCUT2D eigenvalue weighted by atomic mass is 32.2. The van der Waals surface area contributed by atoms with E-state index in [0.717, 1.165) is 91.6 Å². The fourth-order valence-corrected chi connectivity index (χ4v) is 17.9. The van der Waals surface area contributed by atoms with E-state index in [-0.39, 0.29) is 87.8 Å². The van der Waals surface area contributed by atoms with Crippen LogP contribution in [0.1, 0.15) is 179 Å². The van der Waals surface area contributed by atoms with Crippen molar-refractivity contribution < 1.29 is 86.0 Å². The number of ketones is 2. The number of unbranched alkanes of at least 4 members (excludes halogenated alkanes) is 3. The molecule has 2 heterocycles. The van der Waals surface area contributed by atoms with Gasteiger partial charge in [0.25, 0.3) is 10.1 Å². The van der Waals surface area contributed by atoms with Crippen LogP contribution in [0.15, 0.2) is 160 Å². The SMILES string of the molecule is CCCCC[N+]1=C(/C=C/C2=C(Oc3ccc(C[C@H](CC(=O)[C@@H](CC(=O)CCOCCOCCNC(=O)CCS(=O)(=O)c4c(F)c(F)c(S(N)(=O)=O)c(F)c4NC4CCCCCCC4)Cc4ccccc4)C(=O)O)cc3)C(=C/C=C3/N(CCCCS(=O)(=O)O)c4ccccc4C3(C)C)/CCC2)C(C)(C)c2ccccc21. The first-order valence-corrected chi connectivity index (χ1v) is 42.8. The molecule has 5 aromatic carbocycles. The molecule has 0 spiro atoms. The summed E-state index contributed by atoms with van der Waals surface area (Å²) in [5.41, 5.74) is 8.55. The molecule has 0 radical (unpaired) electrons. The Kier molecular flexibility index (Phi) is 30.1. The molecule has 6 N–H and O–H groups in total. The van der Waals surface area contributed by atoms with Crippen LogP contribution in [0.5, 0.6) is 5.75 Å². The third kappa shape index (κ3) is 22.8. The Hall–Kier alpha value is -8.11. The number of benzene rings is 5. The number of carbonyl (C=O) groups excluding carboxylic acids is 3. The maximum Gasteiger partial charge on any atom is 0.307 e. The molecule has 0 bridgehead atoms. The quantitative estimate of drug-likeness (QED) is 0.0105. The number of sulfonamides is 1. The van der Waals surface area contributed by atoms with Crippen molar-refractivity contribution in [2.24, 2.45) is 17.0 Å². The molecule has 9 rings (SSSR count). The number of ether oxygens (including phenoxy) is 3. The van der Waals surface area contributed by atoms with Crippen molar-refractivity contribution in [2.45, 2.75) is 196 Å². The fourth-order valence-electron chi connectivity index (χ4n) is 15.2. The number of fused-ring (bicyclic) bond motifs is 2. The summed E-state index contributed by atoms with van der Waals surface area (Å²) in [4.78, 5) is 52.9. The summed E-state index contributed by atoms with van der Waals surface area (Å²) in [6.07, 6.45) is 18.8. The average Bonchev–Trinajstić information content (AvgIpc) is 1.75. The van der Waals surface area contributed by atoms with Gasteiger partial charge in [0.1, 0.15) is 34.5 Å². The van der Waals surface area contributed by atoms with Crippen molar-refractivity contribution >= 4 is 76.2 Å². The zero-order chi connectivity index (χ0) is 78.7. The number of nitrogens with two attached hydrogens (primary N) is 1. The minimum Gasteiger partial charge on any atom is -0.481 e. The van der Waals surface area contributed by atoms with Gasteiger partial charge in [-0.2, -0.15) is 13.0 Å². The maximum atomic E-state index is 15.8. The maximum absolute atomic E-state index is 15.8. The number of primary sulfonamides is 1. The molecule has 4 aliphatic rings. The van der Waals surface area contributed by atoms with Crippen LogP contribution in [0.25, 0.3) is 0 Å². The van der Waals surface area contributed by atoms with Crippen LogP contribution < -0.4 is 25.4 Å². The molecular weight excluding hydrogens is 1460 g/mol. The Bertz CT molecular complexity index is 4590. The van der Waals surface area contributed by atoms with Crippen LogP contribution in [0.3, 0.4) is 0 Å². The van der Waals surface area contributed by atoms with Crippen molar-refractivity contribution in [3.05, 3.63) is 190 Å². The van der Waals surface area contributed by atoms with Gasteiger partial charge in [-0.3, -0.25) is 23.7 Å². The Balaban J connectivity index is 0.819. The molecule has 590 valence electrons. The number of Topliss-reactive ketones (excluding diaryl/α,β-unsaturated/α-hetero) is 2. The number of para-hydroxylation sites is 2. The van der Waals surface area contributed by atoms with Gasteiger partial charge in [-0.25, -0.2) is 35.1 Å². The van der Waals surface area contributed by atoms with Gasteiger partial charge in [-0.05, 0) is 136 Å². The second-order valence-corrected chi connectivity index (χ2v) is 35.0. The van der Waals surface area contributed by atoms with Crippen molar-refractivity contribution in [1.82, 2.24) is 5.32 Å². The van der Waals surface area contributed by atoms with Gasteiger partial charge in [-0.1, -0.05) is 144 Å². The van der Waals surface area contributed by atoms with Crippen LogP contribution >= 0.6 is 0 Å². The lowest BCUT2D eigenvalue weighted by Gasteiger charge is -2.27. The molecule has 20 nitrogen and oxygen atoms in total. The summed E-state index contributed by atoms with van der Waals surface area (Å²) < 4.78 is 152. The number of hydrogen-bond acceptors (Lipinski definition) is 15. The summed E-state index contributed by atoms with van der Waals surface area (Å²) >= 11 is 0. The second kappa shape index (κ2) is 38.7. The fraction of sp³-hybridized carbons (Fsp3) is 0.482. The molecule has 109 heavy (non-hydrogen) atoms. The topological polar surface area (TPSA) is 295 Å². The van der Waals surface area contributed by atoms with E-state index >= 15 is 13.2 Å². The van der Waals surface area contributed by atoms with Gasteiger partial charge in [0, 0.05) is 91.7 Å². The van der Waals surface area contributed by atoms with Crippen LogP contribution in [-0.4, -0.2) is 132 Å². The molecule has 5 aromatic rings. The Labute approximate surface area is 640 Å². The third-order valence-corrected chi connectivity index (χ3v) is 24.5. The Morgan fingerprint density at radius 2 is 1.31 bits per heavy atom. The number of amides is 1. The predicted molar refractivity (Wildman–Crippen MR) is 416 cm³/mol. The number of allylic oxidation sites excluding steroid dienone is 7. The van der Waals surface area contributed by atoms with E-state index in [2.05, 4.69) is 115 Å². The standard InChI is InChI=1S/C83H104F3N5O15S3/c1-6-7-20-45-90-68-32-18-16-30-66(68)82(2,3)71(90)40-36-59-26-23-27-60(37-41-72-83(4,5)67-31-17-19-33-69(67)91(72)46-21-22-51-108(99,100)101)78(59)106-65-38-34-58(35-39-65)54-62(81(95)96)56-70(93)61(53-57-24-12-11-13-25-57)55-64(92)42-47-104-49-50-105-48-44-88-73(94)43-52-107(97,98)80-75(85)74(84)79(109(87,102)103)76(86)77(80)89-63-28-14-9-8-10-15-29-63/h11-13,16-19,24-25,30-41,61-63,89H,6-10,14-15,20-23,26-29,42-56H2,1-5H3,(H4-,87,88,94,95,96,99,100,101,102,103)/p+1/t61-,62-/m1/s1. The summed E-state index contributed by atoms with van der Waals surface area (Å²) in [6.45, 7) is 12.4. The molecule has 0 saturated heterocycles. The molecule has 26 heteroatoms. The number of hydrogen-bond donors (Lipinski definition) is 5. The minimum atomic E-state index is -5.19. The van der Waals surface area contributed by atoms with Gasteiger partial charge in [0.2, 0.25) is 21.6 Å². The van der Waals surface area contributed by atoms with Crippen molar-refractivity contribution in [1.29, 1.82) is 0 Å². The first-order chi connectivity index (χ1) is 51.9. The number of carboxylic acids is 1. The van der Waals surface area contributed by atoms with Crippen LogP contribution in [0, 0.1) is 29.3 Å². The number of sulfone groups is 1. The smallest absolute Gasteiger partial charge is 0.307 e. The van der Waals surface area contributed by atoms with E-state index in [9.17, 15) is 54.1 Å². The first kappa shape index (κ1) is 84.9. The van der Waals surface area contributed by atoms with Gasteiger partial charge >= 0.3 is 5.97 Å². The van der Waals surface area contributed by atoms with E-state index in [1.165, 1.54) is 17.0 Å². The third-order valence-electron chi connectivity index (χ3n) is 21.0. The lowest BCUT2D eigenvalue weighted by Crippen LogP contribution is -2.30. The molecule has 0 aromatic heterocycles. The lowest BCUT2D eigenvalue weighted by molar-refractivity contribution is -0.438. The van der Waals surface area contributed by atoms with Gasteiger partial charge in [-0.15, -0.1) is 0 Å². The van der Waals surface area contributed by atoms with Gasteiger partial charge < -0.3 is 34.9 Å². The zero-order valence-corrected chi connectivity index (χ0v) is 65.6. The summed E-state index contributed by atoms with van der Waals surface area (Å²) in [6, 6.07) is 32.6. The number of halogens is 3. The van der Waals surface area contributed by atoms with Crippen molar-refractivity contribution in [3.8, 4) is 5.75 Å². The number of aliphatic carboxylic acids is 1. The normalized spacial score (nSPS) is 17.5. The first-order valence-electron chi connectivity index (χ1n) is 38.0. The van der Waals surface area contributed by atoms with Crippen molar-refractivity contribution in [3.63, 3.8) is 0 Å². The molecule has 2 aliphatic heterocycles. The highest BCUT2D eigenvalue weighted by Gasteiger charge is 2.45. The van der Waals surface area contributed by atoms with Crippen LogP contribution in [0.2, 0.25) is 0 Å². The number of nitrogens with zero attached hydrogens (tertiary/aromatic N) is 2. The lowest BCUT2D eigenvalue weighted by atomic mass is 9.81. The number of nitrogens with one attached hydrogen (secondary N) is 2. The van der Waals surface area contributed by atoms with E-state index in [1.807, 2.05) is 66.7 Å². The summed E-state index contributed by atoms with van der Waals surface area (Å²) in [7, 11) is -14.3. The largest absolute Gasteiger partial charge is 0.481 e. The summed E-state index contributed by atoms with van der Waals surface area (Å²) in [5, 5.41) is 20.8. The second-order valence-electron chi connectivity index (χ2n) is 29.8. The number of anilines is 2. The Morgan fingerprint density at radius 3 is 2.00 bits per heavy atom. The van der Waals surface area contributed by atoms with Gasteiger partial charge in [0.05, 0.1) is 55.0 Å². The highest BCUT2D eigenvalue weighted by molar-refractivity contribution is 7.91. The molecule has 1 amide bonds. The van der Waals surface area contributed by atoms with Crippen LogP contribution in [0.4, 0.5) is 30.2 Å². The van der Waals surface area contributed by atoms with Gasteiger partial charge in [0.15, 0.2) is 37.9 Å². The van der Waals surface area contributed by atoms with E-state index < -0.39 is 110 Å². The van der Waals surface area contributed by atoms with E-state index in [4.69, 9.17) is 19.3 Å². The number of carboxylic acid groups (broad SMARTS) is 1. The average molecular weight is 1570 g/mol. The number of rotatable bonds is 40. The molecule has 2 atom stereocenters. The minimum absolute atomic E-state index is 0.0173. The van der Waals surface area contributed by atoms with E-state index in [0.29, 0.717) is 68.6 Å². The number of carbonyl (C=O) groups is 4. The molecular formula is C83H105F3N5O15S3+. The Morgan fingerprint density at radius 1 is 0.670 bits per heavy atom. The van der Waals surface area contributed by atoms with E-state index in [1.54, 1.807) is 0 Å². The van der Waals surface area contributed by atoms with Crippen molar-refractivity contribution in [2.75, 3.05) is 67.8 Å². The zero-order valence-electron chi connectivity index (χ0n) is 63.1. The predicted octanol–water partition coefficient (Wildman–Crippen LogP) is 14.6. The molecule has 1 fully saturated rings. The molecule has 2 aliphatic carbocycles. The monoisotopic (exact) mass is 1560 g/mol. The highest BCUT2D eigenvalue weighted by Crippen LogP contribution is 2.49. The molecule has 1 saturated carbocycles. The molecule has 0 unspecified atom stereocenters. The van der Waals surface area contributed by atoms with Crippen LogP contribution in [-0.2, 0) is 82.3 Å².